The highest BCUT2D eigenvalue weighted by atomic mass is 16.5. The number of aromatic nitrogens is 3. The predicted molar refractivity (Wildman–Crippen MR) is 162 cm³/mol. The van der Waals surface area contributed by atoms with E-state index in [0.29, 0.717) is 40.6 Å². The Balaban J connectivity index is 1.14. The lowest BCUT2D eigenvalue weighted by molar-refractivity contribution is 0.102. The molecule has 216 valence electrons. The van der Waals surface area contributed by atoms with Crippen molar-refractivity contribution in [3.63, 3.8) is 0 Å². The number of carbonyl (C=O) groups excluding carboxylic acids is 1. The van der Waals surface area contributed by atoms with Gasteiger partial charge >= 0.3 is 6.01 Å². The second-order valence-electron chi connectivity index (χ2n) is 10.2. The van der Waals surface area contributed by atoms with Crippen LogP contribution in [0.2, 0.25) is 0 Å². The highest BCUT2D eigenvalue weighted by Crippen LogP contribution is 2.35. The molecule has 3 heterocycles. The number of carbonyl (C=O) groups is 1. The van der Waals surface area contributed by atoms with E-state index in [4.69, 9.17) is 13.9 Å². The zero-order valence-electron chi connectivity index (χ0n) is 23.7. The van der Waals surface area contributed by atoms with Crippen LogP contribution in [0.3, 0.4) is 0 Å². The number of piperazine rings is 1. The number of rotatable bonds is 10. The Kier molecular flexibility index (Phi) is 8.11. The molecule has 2 N–H and O–H groups in total. The molecule has 0 radical (unpaired) electrons. The fourth-order valence-electron chi connectivity index (χ4n) is 4.93. The zero-order valence-corrected chi connectivity index (χ0v) is 23.7. The third kappa shape index (κ3) is 6.27. The van der Waals surface area contributed by atoms with Gasteiger partial charge in [0, 0.05) is 61.5 Å². The zero-order chi connectivity index (χ0) is 28.9. The number of benzene rings is 3. The number of anilines is 3. The Hall–Kier alpha value is -4.74. The summed E-state index contributed by atoms with van der Waals surface area (Å²) in [6.45, 7) is 6.01. The van der Waals surface area contributed by atoms with E-state index in [1.807, 2.05) is 36.4 Å². The van der Waals surface area contributed by atoms with E-state index in [2.05, 4.69) is 42.4 Å². The summed E-state index contributed by atoms with van der Waals surface area (Å²) >= 11 is 0. The summed E-state index contributed by atoms with van der Waals surface area (Å²) in [5, 5.41) is 6.84. The Bertz CT molecular complexity index is 1680. The molecule has 1 amide bonds. The summed E-state index contributed by atoms with van der Waals surface area (Å²) in [4.78, 5) is 30.6. The molecule has 0 spiro atoms. The van der Waals surface area contributed by atoms with Crippen LogP contribution in [0.15, 0.2) is 71.4 Å². The van der Waals surface area contributed by atoms with Crippen molar-refractivity contribution in [3.05, 3.63) is 72.6 Å². The maximum Gasteiger partial charge on any atom is 0.302 e. The van der Waals surface area contributed by atoms with Gasteiger partial charge in [-0.25, -0.2) is 9.97 Å². The maximum absolute atomic E-state index is 12.5. The summed E-state index contributed by atoms with van der Waals surface area (Å²) in [5.74, 6) is 1.59. The van der Waals surface area contributed by atoms with Crippen LogP contribution in [0.1, 0.15) is 16.8 Å². The molecule has 11 nitrogen and oxygen atoms in total. The van der Waals surface area contributed by atoms with Gasteiger partial charge in [0.25, 0.3) is 5.91 Å². The molecule has 42 heavy (non-hydrogen) atoms. The van der Waals surface area contributed by atoms with E-state index in [9.17, 15) is 4.79 Å². The van der Waals surface area contributed by atoms with E-state index >= 15 is 0 Å². The van der Waals surface area contributed by atoms with Crippen LogP contribution >= 0.6 is 0 Å². The molecule has 1 fully saturated rings. The normalized spacial score (nSPS) is 14.2. The summed E-state index contributed by atoms with van der Waals surface area (Å²) in [7, 11) is 3.79. The molecule has 0 atom stereocenters. The number of likely N-dealkylation sites (N-methyl/N-ethyl adjacent to an activating group) is 1. The molecule has 1 aliphatic heterocycles. The molecule has 6 rings (SSSR count). The van der Waals surface area contributed by atoms with Crippen molar-refractivity contribution in [1.82, 2.24) is 24.8 Å². The monoisotopic (exact) mass is 567 g/mol. The van der Waals surface area contributed by atoms with Crippen LogP contribution in [-0.2, 0) is 0 Å². The Morgan fingerprint density at radius 1 is 0.976 bits per heavy atom. The number of nitrogens with zero attached hydrogens (tertiary/aromatic N) is 5. The van der Waals surface area contributed by atoms with Crippen molar-refractivity contribution in [1.29, 1.82) is 0 Å². The van der Waals surface area contributed by atoms with E-state index in [1.165, 1.54) is 6.33 Å². The first-order chi connectivity index (χ1) is 20.6. The van der Waals surface area contributed by atoms with E-state index in [0.717, 1.165) is 55.7 Å². The van der Waals surface area contributed by atoms with Gasteiger partial charge in [-0.3, -0.25) is 10.1 Å². The Morgan fingerprint density at radius 2 is 1.81 bits per heavy atom. The van der Waals surface area contributed by atoms with Crippen LogP contribution in [0.4, 0.5) is 17.5 Å². The van der Waals surface area contributed by atoms with Crippen LogP contribution in [0.5, 0.6) is 11.5 Å². The minimum absolute atomic E-state index is 0.129. The molecular formula is C31H33N7O4. The number of hydrogen-bond donors (Lipinski definition) is 2. The highest BCUT2D eigenvalue weighted by Gasteiger charge is 2.16. The smallest absolute Gasteiger partial charge is 0.302 e. The first-order valence-corrected chi connectivity index (χ1v) is 14.0. The van der Waals surface area contributed by atoms with E-state index < -0.39 is 0 Å². The number of fused-ring (bicyclic) bond motifs is 2. The van der Waals surface area contributed by atoms with E-state index in [1.54, 1.807) is 31.4 Å². The Labute approximate surface area is 243 Å². The van der Waals surface area contributed by atoms with Crippen LogP contribution in [0, 0.1) is 0 Å². The molecule has 1 aliphatic rings. The average Bonchev–Trinajstić information content (AvgIpc) is 3.42. The van der Waals surface area contributed by atoms with Crippen molar-refractivity contribution in [2.45, 2.75) is 6.42 Å². The molecular weight excluding hydrogens is 534 g/mol. The first kappa shape index (κ1) is 27.4. The number of methoxy groups -OCH3 is 1. The van der Waals surface area contributed by atoms with Crippen LogP contribution < -0.4 is 20.1 Å². The topological polar surface area (TPSA) is 118 Å². The van der Waals surface area contributed by atoms with Gasteiger partial charge in [0.05, 0.1) is 19.2 Å². The lowest BCUT2D eigenvalue weighted by Crippen LogP contribution is -2.44. The van der Waals surface area contributed by atoms with Crippen molar-refractivity contribution in [2.24, 2.45) is 0 Å². The molecule has 2 aromatic heterocycles. The summed E-state index contributed by atoms with van der Waals surface area (Å²) in [5.41, 5.74) is 3.13. The molecule has 11 heteroatoms. The van der Waals surface area contributed by atoms with Gasteiger partial charge in [0.1, 0.15) is 17.7 Å². The third-order valence-corrected chi connectivity index (χ3v) is 7.30. The lowest BCUT2D eigenvalue weighted by Gasteiger charge is -2.32. The number of nitrogens with one attached hydrogen (secondary N) is 2. The number of ether oxygens (including phenoxy) is 2. The maximum atomic E-state index is 12.5. The van der Waals surface area contributed by atoms with Gasteiger partial charge in [-0.15, -0.1) is 0 Å². The van der Waals surface area contributed by atoms with Crippen molar-refractivity contribution in [2.75, 3.05) is 64.1 Å². The minimum Gasteiger partial charge on any atom is -0.493 e. The van der Waals surface area contributed by atoms with Gasteiger partial charge < -0.3 is 29.0 Å². The summed E-state index contributed by atoms with van der Waals surface area (Å²) in [6.07, 6.45) is 2.45. The van der Waals surface area contributed by atoms with Gasteiger partial charge in [0.15, 0.2) is 17.1 Å². The quantitative estimate of drug-likeness (QED) is 0.228. The second kappa shape index (κ2) is 12.4. The number of oxazole rings is 1. The molecule has 5 aromatic rings. The molecule has 0 saturated carbocycles. The molecule has 0 aliphatic carbocycles. The van der Waals surface area contributed by atoms with Gasteiger partial charge in [-0.05, 0) is 43.8 Å². The molecule has 0 bridgehead atoms. The van der Waals surface area contributed by atoms with Crippen molar-refractivity contribution in [3.8, 4) is 11.5 Å². The van der Waals surface area contributed by atoms with Crippen LogP contribution in [0.25, 0.3) is 22.0 Å². The standard InChI is InChI=1S/C31H33N7O4/c1-37-12-14-38(15-13-37)11-6-16-41-28-19-25-23(18-27(28)40-2)29(33-20-32-25)34-22-9-10-24-26(17-22)42-31(35-24)36-30(39)21-7-4-3-5-8-21/h3-5,7-10,17-20H,6,11-16H2,1-2H3,(H,32,33,34)(H,35,36,39). The Morgan fingerprint density at radius 3 is 2.62 bits per heavy atom. The van der Waals surface area contributed by atoms with Gasteiger partial charge in [-0.2, -0.15) is 4.98 Å². The fourth-order valence-corrected chi connectivity index (χ4v) is 4.93. The van der Waals surface area contributed by atoms with Gasteiger partial charge in [0.2, 0.25) is 0 Å². The predicted octanol–water partition coefficient (Wildman–Crippen LogP) is 4.79. The average molecular weight is 568 g/mol. The second-order valence-corrected chi connectivity index (χ2v) is 10.2. The van der Waals surface area contributed by atoms with Crippen molar-refractivity contribution >= 4 is 45.4 Å². The lowest BCUT2D eigenvalue weighted by atomic mass is 10.2. The number of hydrogen-bond acceptors (Lipinski definition) is 10. The van der Waals surface area contributed by atoms with E-state index in [-0.39, 0.29) is 11.9 Å². The highest BCUT2D eigenvalue weighted by molar-refractivity contribution is 6.03. The minimum atomic E-state index is -0.291. The van der Waals surface area contributed by atoms with Crippen LogP contribution in [-0.4, -0.2) is 84.1 Å². The summed E-state index contributed by atoms with van der Waals surface area (Å²) in [6, 6.07) is 18.3. The van der Waals surface area contributed by atoms with Crippen molar-refractivity contribution < 1.29 is 18.7 Å². The largest absolute Gasteiger partial charge is 0.493 e. The molecule has 1 saturated heterocycles. The first-order valence-electron chi connectivity index (χ1n) is 14.0. The number of amides is 1. The fraction of sp³-hybridized carbons (Fsp3) is 0.290. The molecule has 3 aromatic carbocycles. The molecule has 0 unspecified atom stereocenters. The third-order valence-electron chi connectivity index (χ3n) is 7.30. The SMILES string of the molecule is COc1cc2c(Nc3ccc4nc(NC(=O)c5ccccc5)oc4c3)ncnc2cc1OCCCN1CCN(C)CC1. The van der Waals surface area contributed by atoms with Gasteiger partial charge in [-0.1, -0.05) is 18.2 Å². The summed E-state index contributed by atoms with van der Waals surface area (Å²) < 4.78 is 17.6.